The number of thiophene rings is 1. The topological polar surface area (TPSA) is 90.6 Å². The average Bonchev–Trinajstić information content (AvgIpc) is 3.17. The molecule has 162 valence electrons. The number of carbonyl (C=O) groups excluding carboxylic acids is 1. The van der Waals surface area contributed by atoms with E-state index in [0.717, 1.165) is 40.4 Å². The van der Waals surface area contributed by atoms with Gasteiger partial charge in [-0.3, -0.25) is 4.79 Å². The number of benzene rings is 1. The number of carboxylic acids is 1. The number of nitriles is 1. The monoisotopic (exact) mass is 438 g/mol. The molecular formula is C24H26N2O4S. The molecule has 1 aliphatic rings. The van der Waals surface area contributed by atoms with Gasteiger partial charge in [-0.2, -0.15) is 5.26 Å². The lowest BCUT2D eigenvalue weighted by atomic mass is 9.98. The Balaban J connectivity index is 1.80. The second-order valence-electron chi connectivity index (χ2n) is 8.45. The standard InChI is InChI=1S/C24H26N2O4S/c1-24(2,3)30-23(29)18(15-25)14-19-7-9-21(31-19)17-6-8-20-16(13-17)5-4-11-26(20)12-10-22(27)28/h6-9,13-14H,4-5,10-12H2,1-3H3,(H,27,28)/b18-14+. The molecule has 3 rings (SSSR count). The third-order valence-electron chi connectivity index (χ3n) is 4.83. The predicted octanol–water partition coefficient (Wildman–Crippen LogP) is 4.89. The molecule has 0 saturated heterocycles. The van der Waals surface area contributed by atoms with Crippen molar-refractivity contribution in [3.63, 3.8) is 0 Å². The van der Waals surface area contributed by atoms with Crippen LogP contribution in [0.1, 0.15) is 44.1 Å². The number of ether oxygens (including phenoxy) is 1. The summed E-state index contributed by atoms with van der Waals surface area (Å²) in [6.45, 7) is 6.68. The van der Waals surface area contributed by atoms with Crippen LogP contribution in [0.25, 0.3) is 16.5 Å². The molecule has 1 aliphatic heterocycles. The van der Waals surface area contributed by atoms with Gasteiger partial charge in [-0.1, -0.05) is 6.07 Å². The third kappa shape index (κ3) is 5.96. The van der Waals surface area contributed by atoms with Crippen LogP contribution < -0.4 is 4.90 Å². The van der Waals surface area contributed by atoms with Gasteiger partial charge in [0, 0.05) is 28.5 Å². The molecule has 0 aliphatic carbocycles. The van der Waals surface area contributed by atoms with E-state index in [1.807, 2.05) is 24.3 Å². The minimum atomic E-state index is -0.786. The van der Waals surface area contributed by atoms with Gasteiger partial charge in [0.15, 0.2) is 0 Å². The number of esters is 1. The summed E-state index contributed by atoms with van der Waals surface area (Å²) in [5.74, 6) is -1.41. The molecular weight excluding hydrogens is 412 g/mol. The van der Waals surface area contributed by atoms with Crippen LogP contribution in [0, 0.1) is 11.3 Å². The van der Waals surface area contributed by atoms with E-state index < -0.39 is 17.5 Å². The van der Waals surface area contributed by atoms with Crippen molar-refractivity contribution in [2.75, 3.05) is 18.0 Å². The molecule has 0 radical (unpaired) electrons. The maximum Gasteiger partial charge on any atom is 0.349 e. The number of hydrogen-bond donors (Lipinski definition) is 1. The van der Waals surface area contributed by atoms with Crippen LogP contribution in [-0.2, 0) is 20.7 Å². The number of hydrogen-bond acceptors (Lipinski definition) is 6. The Morgan fingerprint density at radius 1 is 1.29 bits per heavy atom. The summed E-state index contributed by atoms with van der Waals surface area (Å²) < 4.78 is 5.29. The summed E-state index contributed by atoms with van der Waals surface area (Å²) in [6, 6.07) is 12.1. The van der Waals surface area contributed by atoms with Crippen LogP contribution in [-0.4, -0.2) is 35.7 Å². The molecule has 2 aromatic rings. The highest BCUT2D eigenvalue weighted by Crippen LogP contribution is 2.35. The van der Waals surface area contributed by atoms with Crippen LogP contribution in [0.3, 0.4) is 0 Å². The molecule has 1 N–H and O–H groups in total. The number of fused-ring (bicyclic) bond motifs is 1. The highest BCUT2D eigenvalue weighted by Gasteiger charge is 2.21. The zero-order valence-corrected chi connectivity index (χ0v) is 18.8. The van der Waals surface area contributed by atoms with Crippen molar-refractivity contribution in [1.82, 2.24) is 0 Å². The molecule has 0 bridgehead atoms. The molecule has 0 atom stereocenters. The largest absolute Gasteiger partial charge is 0.481 e. The van der Waals surface area contributed by atoms with Gasteiger partial charge < -0.3 is 14.7 Å². The van der Waals surface area contributed by atoms with E-state index >= 15 is 0 Å². The smallest absolute Gasteiger partial charge is 0.349 e. The highest BCUT2D eigenvalue weighted by atomic mass is 32.1. The normalized spacial score (nSPS) is 14.0. The molecule has 0 fully saturated rings. The van der Waals surface area contributed by atoms with Crippen molar-refractivity contribution in [2.24, 2.45) is 0 Å². The Bertz CT molecular complexity index is 1060. The molecule has 1 aromatic heterocycles. The van der Waals surface area contributed by atoms with E-state index in [-0.39, 0.29) is 12.0 Å². The number of aryl methyl sites for hydroxylation is 1. The number of carbonyl (C=O) groups is 2. The van der Waals surface area contributed by atoms with E-state index in [9.17, 15) is 14.9 Å². The third-order valence-corrected chi connectivity index (χ3v) is 5.91. The summed E-state index contributed by atoms with van der Waals surface area (Å²) in [5, 5.41) is 18.3. The van der Waals surface area contributed by atoms with Gasteiger partial charge in [-0.05, 0) is 75.1 Å². The first-order valence-electron chi connectivity index (χ1n) is 10.2. The summed E-state index contributed by atoms with van der Waals surface area (Å²) in [5.41, 5.74) is 2.70. The van der Waals surface area contributed by atoms with Gasteiger partial charge in [-0.25, -0.2) is 4.79 Å². The first kappa shape index (κ1) is 22.6. The van der Waals surface area contributed by atoms with Crippen LogP contribution in [0.4, 0.5) is 5.69 Å². The highest BCUT2D eigenvalue weighted by molar-refractivity contribution is 7.16. The number of rotatable bonds is 6. The van der Waals surface area contributed by atoms with E-state index in [1.165, 1.54) is 16.9 Å². The van der Waals surface area contributed by atoms with Crippen LogP contribution in [0.2, 0.25) is 0 Å². The Hall–Kier alpha value is -3.11. The van der Waals surface area contributed by atoms with Crippen LogP contribution >= 0.6 is 11.3 Å². The minimum absolute atomic E-state index is 0.0251. The summed E-state index contributed by atoms with van der Waals surface area (Å²) >= 11 is 1.50. The second-order valence-corrected chi connectivity index (χ2v) is 9.57. The van der Waals surface area contributed by atoms with E-state index in [0.29, 0.717) is 6.54 Å². The fourth-order valence-electron chi connectivity index (χ4n) is 3.49. The SMILES string of the molecule is CC(C)(C)OC(=O)/C(C#N)=C/c1ccc(-c2ccc3c(c2)CCCN3CCC(=O)O)s1. The number of nitrogens with zero attached hydrogens (tertiary/aromatic N) is 2. The minimum Gasteiger partial charge on any atom is -0.481 e. The summed E-state index contributed by atoms with van der Waals surface area (Å²) in [7, 11) is 0. The van der Waals surface area contributed by atoms with Crippen molar-refractivity contribution in [2.45, 2.75) is 45.6 Å². The quantitative estimate of drug-likeness (QED) is 0.392. The van der Waals surface area contributed by atoms with Crippen molar-refractivity contribution < 1.29 is 19.4 Å². The van der Waals surface area contributed by atoms with Crippen molar-refractivity contribution in [3.8, 4) is 16.5 Å². The molecule has 6 nitrogen and oxygen atoms in total. The Morgan fingerprint density at radius 2 is 2.06 bits per heavy atom. The number of carboxylic acid groups (broad SMARTS) is 1. The van der Waals surface area contributed by atoms with Gasteiger partial charge in [-0.15, -0.1) is 11.3 Å². The van der Waals surface area contributed by atoms with Crippen LogP contribution in [0.5, 0.6) is 0 Å². The maximum absolute atomic E-state index is 12.2. The average molecular weight is 439 g/mol. The van der Waals surface area contributed by atoms with Gasteiger partial charge in [0.1, 0.15) is 17.2 Å². The van der Waals surface area contributed by atoms with Gasteiger partial charge in [0.05, 0.1) is 6.42 Å². The first-order chi connectivity index (χ1) is 14.7. The molecule has 0 spiro atoms. The van der Waals surface area contributed by atoms with Gasteiger partial charge in [0.2, 0.25) is 0 Å². The molecule has 7 heteroatoms. The zero-order valence-electron chi connectivity index (χ0n) is 18.0. The summed E-state index contributed by atoms with van der Waals surface area (Å²) in [4.78, 5) is 27.1. The van der Waals surface area contributed by atoms with Gasteiger partial charge in [0.25, 0.3) is 0 Å². The second kappa shape index (κ2) is 9.36. The molecule has 0 unspecified atom stereocenters. The Labute approximate surface area is 186 Å². The predicted molar refractivity (Wildman–Crippen MR) is 122 cm³/mol. The molecule has 0 amide bonds. The fourth-order valence-corrected chi connectivity index (χ4v) is 4.44. The zero-order chi connectivity index (χ0) is 22.6. The molecule has 31 heavy (non-hydrogen) atoms. The van der Waals surface area contributed by atoms with E-state index in [4.69, 9.17) is 9.84 Å². The lowest BCUT2D eigenvalue weighted by Gasteiger charge is -2.31. The van der Waals surface area contributed by atoms with Crippen molar-refractivity contribution in [1.29, 1.82) is 5.26 Å². The number of aliphatic carboxylic acids is 1. The first-order valence-corrected chi connectivity index (χ1v) is 11.0. The van der Waals surface area contributed by atoms with Crippen LogP contribution in [0.15, 0.2) is 35.9 Å². The summed E-state index contributed by atoms with van der Waals surface area (Å²) in [6.07, 6.45) is 3.65. The lowest BCUT2D eigenvalue weighted by molar-refractivity contribution is -0.149. The van der Waals surface area contributed by atoms with Gasteiger partial charge >= 0.3 is 11.9 Å². The van der Waals surface area contributed by atoms with E-state index in [1.54, 1.807) is 26.8 Å². The maximum atomic E-state index is 12.2. The fraction of sp³-hybridized carbons (Fsp3) is 0.375. The molecule has 2 heterocycles. The number of anilines is 1. The van der Waals surface area contributed by atoms with Crippen molar-refractivity contribution >= 4 is 35.0 Å². The Kier molecular flexibility index (Phi) is 6.81. The molecule has 1 aromatic carbocycles. The van der Waals surface area contributed by atoms with E-state index in [2.05, 4.69) is 17.0 Å². The lowest BCUT2D eigenvalue weighted by Crippen LogP contribution is -2.31. The Morgan fingerprint density at radius 3 is 2.74 bits per heavy atom. The molecule has 0 saturated carbocycles. The van der Waals surface area contributed by atoms with Crippen molar-refractivity contribution in [3.05, 3.63) is 46.3 Å².